The Morgan fingerprint density at radius 1 is 1.47 bits per heavy atom. The molecule has 0 saturated carbocycles. The van der Waals surface area contributed by atoms with Crippen molar-refractivity contribution in [2.24, 2.45) is 0 Å². The molecule has 2 aliphatic rings. The highest BCUT2D eigenvalue weighted by atomic mass is 35.5. The van der Waals surface area contributed by atoms with Crippen LogP contribution in [-0.2, 0) is 9.53 Å². The van der Waals surface area contributed by atoms with Gasteiger partial charge in [0.15, 0.2) is 0 Å². The molecule has 0 aliphatic carbocycles. The van der Waals surface area contributed by atoms with E-state index in [9.17, 15) is 4.79 Å². The molecule has 5 heteroatoms. The van der Waals surface area contributed by atoms with E-state index in [1.807, 2.05) is 13.0 Å². The van der Waals surface area contributed by atoms with Crippen LogP contribution in [0.3, 0.4) is 0 Å². The molecule has 0 aromatic carbocycles. The number of halogens is 1. The zero-order chi connectivity index (χ0) is 13.0. The molecule has 2 heterocycles. The summed E-state index contributed by atoms with van der Waals surface area (Å²) in [5, 5.41) is 3.41. The fourth-order valence-electron chi connectivity index (χ4n) is 2.95. The summed E-state index contributed by atoms with van der Waals surface area (Å²) in [5.41, 5.74) is 0. The lowest BCUT2D eigenvalue weighted by Gasteiger charge is -2.30. The Bertz CT molecular complexity index is 298. The Hall–Kier alpha value is -0.580. The fourth-order valence-corrected chi connectivity index (χ4v) is 2.95. The standard InChI is InChI=1S/C14H24N2O2.ClH/c1-3-4-9-18-11(2)14(17)16-12-5-6-13(16)10-15-8-7-12;/h3,11-13,15H,1,4-10H2,2H3;1H. The average molecular weight is 289 g/mol. The second-order valence-corrected chi connectivity index (χ2v) is 5.21. The van der Waals surface area contributed by atoms with Crippen LogP contribution in [0.25, 0.3) is 0 Å². The molecule has 2 rings (SSSR count). The summed E-state index contributed by atoms with van der Waals surface area (Å²) < 4.78 is 5.58. The number of carbonyl (C=O) groups is 1. The lowest BCUT2D eigenvalue weighted by molar-refractivity contribution is -0.145. The van der Waals surface area contributed by atoms with E-state index in [0.717, 1.165) is 38.8 Å². The van der Waals surface area contributed by atoms with Crippen molar-refractivity contribution in [1.29, 1.82) is 0 Å². The van der Waals surface area contributed by atoms with E-state index < -0.39 is 0 Å². The molecule has 0 aromatic heterocycles. The van der Waals surface area contributed by atoms with Gasteiger partial charge in [-0.2, -0.15) is 0 Å². The second kappa shape index (κ2) is 7.88. The van der Waals surface area contributed by atoms with Crippen LogP contribution in [0.1, 0.15) is 32.6 Å². The van der Waals surface area contributed by atoms with Crippen LogP contribution in [0, 0.1) is 0 Å². The Morgan fingerprint density at radius 3 is 2.95 bits per heavy atom. The van der Waals surface area contributed by atoms with Crippen LogP contribution in [0.5, 0.6) is 0 Å². The topological polar surface area (TPSA) is 41.6 Å². The van der Waals surface area contributed by atoms with Crippen LogP contribution >= 0.6 is 12.4 Å². The minimum absolute atomic E-state index is 0. The molecule has 3 unspecified atom stereocenters. The van der Waals surface area contributed by atoms with Gasteiger partial charge in [0.2, 0.25) is 0 Å². The number of nitrogens with zero attached hydrogens (tertiary/aromatic N) is 1. The number of hydrogen-bond donors (Lipinski definition) is 1. The van der Waals surface area contributed by atoms with Gasteiger partial charge in [-0.15, -0.1) is 19.0 Å². The van der Waals surface area contributed by atoms with Crippen molar-refractivity contribution in [3.63, 3.8) is 0 Å². The molecule has 1 N–H and O–H groups in total. The first kappa shape index (κ1) is 16.5. The van der Waals surface area contributed by atoms with Crippen molar-refractivity contribution in [3.05, 3.63) is 12.7 Å². The van der Waals surface area contributed by atoms with E-state index in [0.29, 0.717) is 18.7 Å². The van der Waals surface area contributed by atoms with E-state index in [1.54, 1.807) is 0 Å². The normalized spacial score (nSPS) is 27.3. The zero-order valence-corrected chi connectivity index (χ0v) is 12.5. The SMILES string of the molecule is C=CCCOC(C)C(=O)N1C2CCNCC1CC2.Cl. The van der Waals surface area contributed by atoms with E-state index >= 15 is 0 Å². The number of nitrogens with one attached hydrogen (secondary N) is 1. The number of carbonyl (C=O) groups excluding carboxylic acids is 1. The van der Waals surface area contributed by atoms with Crippen molar-refractivity contribution in [2.75, 3.05) is 19.7 Å². The number of fused-ring (bicyclic) bond motifs is 2. The average Bonchev–Trinajstić information content (AvgIpc) is 2.62. The molecule has 3 atom stereocenters. The number of amides is 1. The Kier molecular flexibility index (Phi) is 6.83. The highest BCUT2D eigenvalue weighted by molar-refractivity contribution is 5.85. The van der Waals surface area contributed by atoms with Gasteiger partial charge in [0.05, 0.1) is 6.61 Å². The Balaban J connectivity index is 0.00000180. The molecule has 1 amide bonds. The van der Waals surface area contributed by atoms with Crippen LogP contribution < -0.4 is 5.32 Å². The predicted molar refractivity (Wildman–Crippen MR) is 78.6 cm³/mol. The van der Waals surface area contributed by atoms with Gasteiger partial charge in [-0.1, -0.05) is 6.08 Å². The van der Waals surface area contributed by atoms with Gasteiger partial charge in [0, 0.05) is 18.6 Å². The number of hydrogen-bond acceptors (Lipinski definition) is 3. The molecule has 4 nitrogen and oxygen atoms in total. The molecule has 19 heavy (non-hydrogen) atoms. The maximum atomic E-state index is 12.5. The van der Waals surface area contributed by atoms with Gasteiger partial charge in [-0.05, 0) is 39.2 Å². The predicted octanol–water partition coefficient (Wildman–Crippen LogP) is 1.74. The van der Waals surface area contributed by atoms with Crippen molar-refractivity contribution in [1.82, 2.24) is 10.2 Å². The molecular formula is C14H25ClN2O2. The smallest absolute Gasteiger partial charge is 0.251 e. The third-order valence-corrected chi connectivity index (χ3v) is 3.95. The molecule has 0 aromatic rings. The van der Waals surface area contributed by atoms with Gasteiger partial charge < -0.3 is 15.0 Å². The summed E-state index contributed by atoms with van der Waals surface area (Å²) >= 11 is 0. The van der Waals surface area contributed by atoms with E-state index in [4.69, 9.17) is 4.74 Å². The van der Waals surface area contributed by atoms with Gasteiger partial charge in [-0.25, -0.2) is 0 Å². The van der Waals surface area contributed by atoms with E-state index in [1.165, 1.54) is 0 Å². The van der Waals surface area contributed by atoms with Crippen LogP contribution in [0.15, 0.2) is 12.7 Å². The van der Waals surface area contributed by atoms with Crippen LogP contribution in [0.2, 0.25) is 0 Å². The lowest BCUT2D eigenvalue weighted by atomic mass is 10.1. The van der Waals surface area contributed by atoms with Gasteiger partial charge in [-0.3, -0.25) is 4.79 Å². The first-order valence-electron chi connectivity index (χ1n) is 6.99. The van der Waals surface area contributed by atoms with Crippen molar-refractivity contribution < 1.29 is 9.53 Å². The minimum Gasteiger partial charge on any atom is -0.368 e. The fraction of sp³-hybridized carbons (Fsp3) is 0.786. The maximum Gasteiger partial charge on any atom is 0.251 e. The molecule has 2 aliphatic heterocycles. The van der Waals surface area contributed by atoms with Crippen LogP contribution in [0.4, 0.5) is 0 Å². The summed E-state index contributed by atoms with van der Waals surface area (Å²) in [5.74, 6) is 0.162. The number of ether oxygens (including phenoxy) is 1. The summed E-state index contributed by atoms with van der Waals surface area (Å²) in [6, 6.07) is 0.790. The quantitative estimate of drug-likeness (QED) is 0.619. The third-order valence-electron chi connectivity index (χ3n) is 3.95. The molecule has 0 spiro atoms. The molecule has 2 saturated heterocycles. The second-order valence-electron chi connectivity index (χ2n) is 5.21. The van der Waals surface area contributed by atoms with Crippen molar-refractivity contribution in [2.45, 2.75) is 50.8 Å². The van der Waals surface area contributed by atoms with Gasteiger partial charge in [0.1, 0.15) is 6.10 Å². The summed E-state index contributed by atoms with van der Waals surface area (Å²) in [6.07, 6.45) is 5.64. The highest BCUT2D eigenvalue weighted by Gasteiger charge is 2.39. The largest absolute Gasteiger partial charge is 0.368 e. The first-order valence-corrected chi connectivity index (χ1v) is 6.99. The molecule has 110 valence electrons. The lowest BCUT2D eigenvalue weighted by Crippen LogP contribution is -2.47. The zero-order valence-electron chi connectivity index (χ0n) is 11.6. The number of rotatable bonds is 5. The molecule has 0 radical (unpaired) electrons. The molecular weight excluding hydrogens is 264 g/mol. The van der Waals surface area contributed by atoms with Gasteiger partial charge >= 0.3 is 0 Å². The monoisotopic (exact) mass is 288 g/mol. The Morgan fingerprint density at radius 2 is 2.21 bits per heavy atom. The summed E-state index contributed by atoms with van der Waals surface area (Å²) in [6.45, 7) is 8.06. The van der Waals surface area contributed by atoms with Crippen molar-refractivity contribution >= 4 is 18.3 Å². The maximum absolute atomic E-state index is 12.5. The molecule has 2 fully saturated rings. The van der Waals surface area contributed by atoms with Crippen LogP contribution in [-0.4, -0.2) is 48.7 Å². The summed E-state index contributed by atoms with van der Waals surface area (Å²) in [4.78, 5) is 14.5. The van der Waals surface area contributed by atoms with Gasteiger partial charge in [0.25, 0.3) is 5.91 Å². The first-order chi connectivity index (χ1) is 8.74. The summed E-state index contributed by atoms with van der Waals surface area (Å²) in [7, 11) is 0. The van der Waals surface area contributed by atoms with E-state index in [-0.39, 0.29) is 24.4 Å². The highest BCUT2D eigenvalue weighted by Crippen LogP contribution is 2.28. The minimum atomic E-state index is -0.328. The molecule has 2 bridgehead atoms. The third kappa shape index (κ3) is 3.94. The Labute approximate surface area is 122 Å². The van der Waals surface area contributed by atoms with Crippen molar-refractivity contribution in [3.8, 4) is 0 Å². The van der Waals surface area contributed by atoms with E-state index in [2.05, 4.69) is 16.8 Å².